The zero-order valence-electron chi connectivity index (χ0n) is 13.8. The molecule has 2 aliphatic rings. The third kappa shape index (κ3) is 3.83. The van der Waals surface area contributed by atoms with E-state index in [1.807, 2.05) is 6.07 Å². The Bertz CT molecular complexity index is 683. The van der Waals surface area contributed by atoms with Crippen molar-refractivity contribution in [1.82, 2.24) is 8.61 Å². The number of hydrogen-bond acceptors (Lipinski definition) is 3. The first-order valence-electron chi connectivity index (χ1n) is 8.33. The van der Waals surface area contributed by atoms with Crippen LogP contribution in [-0.2, 0) is 10.2 Å². The van der Waals surface area contributed by atoms with Crippen LogP contribution in [-0.4, -0.2) is 56.3 Å². The molecule has 5 nitrogen and oxygen atoms in total. The van der Waals surface area contributed by atoms with E-state index in [4.69, 9.17) is 23.2 Å². The van der Waals surface area contributed by atoms with Gasteiger partial charge in [-0.1, -0.05) is 30.1 Å². The van der Waals surface area contributed by atoms with E-state index in [1.54, 1.807) is 20.7 Å². The molecular formula is C16H23Cl2N3O2S. The lowest BCUT2D eigenvalue weighted by Gasteiger charge is -2.39. The predicted molar refractivity (Wildman–Crippen MR) is 99.1 cm³/mol. The van der Waals surface area contributed by atoms with E-state index in [9.17, 15) is 8.42 Å². The van der Waals surface area contributed by atoms with Crippen LogP contribution in [0.3, 0.4) is 0 Å². The third-order valence-electron chi connectivity index (χ3n) is 4.88. The number of piperidine rings is 1. The number of halogens is 2. The van der Waals surface area contributed by atoms with Crippen molar-refractivity contribution >= 4 is 39.1 Å². The number of anilines is 1. The molecular weight excluding hydrogens is 369 g/mol. The van der Waals surface area contributed by atoms with Crippen molar-refractivity contribution in [1.29, 1.82) is 0 Å². The van der Waals surface area contributed by atoms with Gasteiger partial charge < -0.3 is 4.90 Å². The van der Waals surface area contributed by atoms with Crippen LogP contribution in [0.5, 0.6) is 0 Å². The van der Waals surface area contributed by atoms with Crippen molar-refractivity contribution in [2.45, 2.75) is 19.8 Å². The van der Waals surface area contributed by atoms with Crippen LogP contribution in [0.4, 0.5) is 5.69 Å². The molecule has 0 atom stereocenters. The molecule has 0 spiro atoms. The molecule has 1 aromatic carbocycles. The summed E-state index contributed by atoms with van der Waals surface area (Å²) in [5, 5.41) is 1.27. The number of nitrogens with zero attached hydrogens (tertiary/aromatic N) is 3. The van der Waals surface area contributed by atoms with Gasteiger partial charge in [-0.05, 0) is 37.0 Å². The van der Waals surface area contributed by atoms with E-state index >= 15 is 0 Å². The van der Waals surface area contributed by atoms with E-state index in [2.05, 4.69) is 11.8 Å². The summed E-state index contributed by atoms with van der Waals surface area (Å²) in [6.45, 7) is 5.60. The Hall–Kier alpha value is -0.530. The molecule has 2 heterocycles. The summed E-state index contributed by atoms with van der Waals surface area (Å²) in [6.07, 6.45) is 1.88. The van der Waals surface area contributed by atoms with Gasteiger partial charge in [0.1, 0.15) is 0 Å². The topological polar surface area (TPSA) is 43.9 Å². The molecule has 0 radical (unpaired) electrons. The van der Waals surface area contributed by atoms with Crippen LogP contribution in [0.1, 0.15) is 19.8 Å². The molecule has 134 valence electrons. The van der Waals surface area contributed by atoms with Crippen LogP contribution >= 0.6 is 23.2 Å². The van der Waals surface area contributed by atoms with Crippen molar-refractivity contribution in [2.75, 3.05) is 44.2 Å². The van der Waals surface area contributed by atoms with Crippen LogP contribution in [0, 0.1) is 5.92 Å². The minimum absolute atomic E-state index is 0.469. The SMILES string of the molecule is CC1CCN(S(=O)(=O)N2CCN(c3cc(Cl)ccc3Cl)CC2)CC1. The van der Waals surface area contributed by atoms with E-state index < -0.39 is 10.2 Å². The molecule has 2 saturated heterocycles. The standard InChI is InChI=1S/C16H23Cl2N3O2S/c1-13-4-6-20(7-5-13)24(22,23)21-10-8-19(9-11-21)16-12-14(17)2-3-15(16)18/h2-3,12-13H,4-11H2,1H3. The summed E-state index contributed by atoms with van der Waals surface area (Å²) in [4.78, 5) is 2.10. The van der Waals surface area contributed by atoms with Gasteiger partial charge in [0.25, 0.3) is 10.2 Å². The second-order valence-electron chi connectivity index (χ2n) is 6.57. The Morgan fingerprint density at radius 1 is 0.958 bits per heavy atom. The molecule has 8 heteroatoms. The number of hydrogen-bond donors (Lipinski definition) is 0. The highest BCUT2D eigenvalue weighted by Crippen LogP contribution is 2.30. The molecule has 0 aliphatic carbocycles. The molecule has 24 heavy (non-hydrogen) atoms. The highest BCUT2D eigenvalue weighted by Gasteiger charge is 2.34. The number of rotatable bonds is 3. The van der Waals surface area contributed by atoms with Crippen molar-refractivity contribution < 1.29 is 8.42 Å². The lowest BCUT2D eigenvalue weighted by Crippen LogP contribution is -2.54. The first kappa shape index (κ1) is 18.3. The maximum Gasteiger partial charge on any atom is 0.282 e. The zero-order chi connectivity index (χ0) is 17.3. The van der Waals surface area contributed by atoms with Crippen LogP contribution in [0.15, 0.2) is 18.2 Å². The molecule has 0 bridgehead atoms. The minimum atomic E-state index is -3.35. The lowest BCUT2D eigenvalue weighted by molar-refractivity contribution is 0.260. The van der Waals surface area contributed by atoms with Crippen molar-refractivity contribution in [2.24, 2.45) is 5.92 Å². The molecule has 1 aromatic rings. The first-order chi connectivity index (χ1) is 11.4. The van der Waals surface area contributed by atoms with Gasteiger partial charge in [0.15, 0.2) is 0 Å². The average molecular weight is 392 g/mol. The predicted octanol–water partition coefficient (Wildman–Crippen LogP) is 3.09. The van der Waals surface area contributed by atoms with E-state index in [1.165, 1.54) is 0 Å². The van der Waals surface area contributed by atoms with Gasteiger partial charge in [0, 0.05) is 44.3 Å². The fraction of sp³-hybridized carbons (Fsp3) is 0.625. The maximum absolute atomic E-state index is 12.8. The summed E-state index contributed by atoms with van der Waals surface area (Å²) in [6, 6.07) is 5.36. The van der Waals surface area contributed by atoms with Gasteiger partial charge in [-0.2, -0.15) is 17.0 Å². The molecule has 2 fully saturated rings. The van der Waals surface area contributed by atoms with E-state index in [0.717, 1.165) is 18.5 Å². The second kappa shape index (κ2) is 7.38. The Kier molecular flexibility index (Phi) is 5.62. The largest absolute Gasteiger partial charge is 0.368 e. The summed E-state index contributed by atoms with van der Waals surface area (Å²) in [5.41, 5.74) is 0.869. The molecule has 0 unspecified atom stereocenters. The summed E-state index contributed by atoms with van der Waals surface area (Å²) in [5.74, 6) is 0.610. The average Bonchev–Trinajstić information content (AvgIpc) is 2.57. The molecule has 0 aromatic heterocycles. The van der Waals surface area contributed by atoms with Crippen LogP contribution in [0.2, 0.25) is 10.0 Å². The van der Waals surface area contributed by atoms with E-state index in [-0.39, 0.29) is 0 Å². The van der Waals surface area contributed by atoms with Gasteiger partial charge in [0.05, 0.1) is 10.7 Å². The van der Waals surface area contributed by atoms with Gasteiger partial charge in [0.2, 0.25) is 0 Å². The summed E-state index contributed by atoms with van der Waals surface area (Å²) in [7, 11) is -3.35. The van der Waals surface area contributed by atoms with Gasteiger partial charge in [-0.3, -0.25) is 0 Å². The highest BCUT2D eigenvalue weighted by atomic mass is 35.5. The van der Waals surface area contributed by atoms with Crippen molar-refractivity contribution in [3.63, 3.8) is 0 Å². The number of piperazine rings is 1. The fourth-order valence-corrected chi connectivity index (χ4v) is 5.29. The molecule has 3 rings (SSSR count). The molecule has 0 amide bonds. The second-order valence-corrected chi connectivity index (χ2v) is 9.34. The monoisotopic (exact) mass is 391 g/mol. The zero-order valence-corrected chi connectivity index (χ0v) is 16.1. The molecule has 0 saturated carbocycles. The third-order valence-corrected chi connectivity index (χ3v) is 7.47. The summed E-state index contributed by atoms with van der Waals surface area (Å²) >= 11 is 12.3. The van der Waals surface area contributed by atoms with Crippen LogP contribution in [0.25, 0.3) is 0 Å². The Morgan fingerprint density at radius 2 is 1.54 bits per heavy atom. The number of benzene rings is 1. The summed E-state index contributed by atoms with van der Waals surface area (Å²) < 4.78 is 28.8. The first-order valence-corrected chi connectivity index (χ1v) is 10.5. The highest BCUT2D eigenvalue weighted by molar-refractivity contribution is 7.86. The fourth-order valence-electron chi connectivity index (χ4n) is 3.27. The van der Waals surface area contributed by atoms with Gasteiger partial charge in [-0.15, -0.1) is 0 Å². The quantitative estimate of drug-likeness (QED) is 0.794. The Morgan fingerprint density at radius 3 is 2.17 bits per heavy atom. The van der Waals surface area contributed by atoms with Gasteiger partial charge >= 0.3 is 0 Å². The van der Waals surface area contributed by atoms with Crippen molar-refractivity contribution in [3.05, 3.63) is 28.2 Å². The smallest absolute Gasteiger partial charge is 0.282 e. The van der Waals surface area contributed by atoms with E-state index in [0.29, 0.717) is 55.2 Å². The normalized spacial score (nSPS) is 22.0. The Balaban J connectivity index is 1.65. The minimum Gasteiger partial charge on any atom is -0.368 e. The Labute approximate surface area is 154 Å². The maximum atomic E-state index is 12.8. The molecule has 2 aliphatic heterocycles. The molecule has 0 N–H and O–H groups in total. The van der Waals surface area contributed by atoms with Gasteiger partial charge in [-0.25, -0.2) is 0 Å². The lowest BCUT2D eigenvalue weighted by atomic mass is 10.0. The van der Waals surface area contributed by atoms with Crippen LogP contribution < -0.4 is 4.90 Å². The van der Waals surface area contributed by atoms with Crippen molar-refractivity contribution in [3.8, 4) is 0 Å².